The molecule has 0 saturated heterocycles. The summed E-state index contributed by atoms with van der Waals surface area (Å²) in [6.07, 6.45) is 4.76. The van der Waals surface area contributed by atoms with E-state index in [1.165, 1.54) is 15.4 Å². The molecule has 0 fully saturated rings. The Morgan fingerprint density at radius 3 is 2.67 bits per heavy atom. The Bertz CT molecular complexity index is 784. The Morgan fingerprint density at radius 2 is 2.10 bits per heavy atom. The molecular formula is C12H15N4O4S+. The molecule has 2 aromatic rings. The minimum Gasteiger partial charge on any atom is -0.273 e. The van der Waals surface area contributed by atoms with Crippen LogP contribution < -0.4 is 10.2 Å². The third-order valence-electron chi connectivity index (χ3n) is 2.90. The molecule has 0 aromatic carbocycles. The molecular weight excluding hydrogens is 296 g/mol. The second-order valence-electron chi connectivity index (χ2n) is 4.31. The van der Waals surface area contributed by atoms with Crippen LogP contribution in [-0.4, -0.2) is 36.2 Å². The highest BCUT2D eigenvalue weighted by Crippen LogP contribution is 2.12. The molecule has 2 rings (SSSR count). The molecule has 2 aromatic heterocycles. The Hall–Kier alpha value is -2.13. The van der Waals surface area contributed by atoms with Crippen molar-refractivity contribution >= 4 is 10.1 Å². The van der Waals surface area contributed by atoms with Gasteiger partial charge >= 0.3 is 0 Å². The van der Waals surface area contributed by atoms with Gasteiger partial charge in [-0.3, -0.25) is 8.98 Å². The Morgan fingerprint density at radius 1 is 1.33 bits per heavy atom. The predicted octanol–water partition coefficient (Wildman–Crippen LogP) is -0.894. The second-order valence-corrected chi connectivity index (χ2v) is 6.17. The normalized spacial score (nSPS) is 11.5. The van der Waals surface area contributed by atoms with E-state index in [1.807, 2.05) is 0 Å². The quantitative estimate of drug-likeness (QED) is 0.525. The van der Waals surface area contributed by atoms with E-state index in [0.717, 1.165) is 12.7 Å². The molecule has 0 aliphatic carbocycles. The average molecular weight is 311 g/mol. The van der Waals surface area contributed by atoms with Gasteiger partial charge in [-0.25, -0.2) is 4.68 Å². The van der Waals surface area contributed by atoms with Gasteiger partial charge in [-0.2, -0.15) is 13.5 Å². The zero-order valence-electron chi connectivity index (χ0n) is 11.6. The van der Waals surface area contributed by atoms with Crippen molar-refractivity contribution in [1.82, 2.24) is 14.9 Å². The van der Waals surface area contributed by atoms with Crippen molar-refractivity contribution in [3.63, 3.8) is 0 Å². The molecule has 0 unspecified atom stereocenters. The molecule has 0 radical (unpaired) electrons. The maximum atomic E-state index is 11.5. The fraction of sp³-hybridized carbons (Fsp3) is 0.333. The first-order chi connectivity index (χ1) is 9.91. The van der Waals surface area contributed by atoms with Crippen LogP contribution in [0.3, 0.4) is 0 Å². The van der Waals surface area contributed by atoms with Crippen molar-refractivity contribution in [2.75, 3.05) is 12.9 Å². The molecule has 0 N–H and O–H groups in total. The zero-order valence-corrected chi connectivity index (χ0v) is 12.4. The summed E-state index contributed by atoms with van der Waals surface area (Å²) in [5, 5.41) is 8.04. The van der Waals surface area contributed by atoms with Crippen LogP contribution in [0.5, 0.6) is 0 Å². The summed E-state index contributed by atoms with van der Waals surface area (Å²) >= 11 is 0. The smallest absolute Gasteiger partial charge is 0.273 e. The van der Waals surface area contributed by atoms with Crippen molar-refractivity contribution in [3.05, 3.63) is 41.1 Å². The summed E-state index contributed by atoms with van der Waals surface area (Å²) in [4.78, 5) is 11.5. The van der Waals surface area contributed by atoms with Gasteiger partial charge in [0.05, 0.1) is 13.3 Å². The van der Waals surface area contributed by atoms with Crippen molar-refractivity contribution < 1.29 is 17.3 Å². The first-order valence-electron chi connectivity index (χ1n) is 6.09. The van der Waals surface area contributed by atoms with Gasteiger partial charge in [0.25, 0.3) is 15.7 Å². The van der Waals surface area contributed by atoms with E-state index in [1.54, 1.807) is 31.7 Å². The Labute approximate surface area is 121 Å². The van der Waals surface area contributed by atoms with E-state index >= 15 is 0 Å². The molecule has 0 atom stereocenters. The highest BCUT2D eigenvalue weighted by molar-refractivity contribution is 7.86. The molecule has 0 amide bonds. The first-order valence-corrected chi connectivity index (χ1v) is 7.67. The van der Waals surface area contributed by atoms with Crippen LogP contribution in [0, 0.1) is 0 Å². The minimum atomic E-state index is -3.51. The topological polar surface area (TPSA) is 95.0 Å². The zero-order chi connectivity index (χ0) is 15.5. The molecule has 0 aliphatic rings. The van der Waals surface area contributed by atoms with Crippen LogP contribution in [0.25, 0.3) is 11.1 Å². The monoisotopic (exact) mass is 311 g/mol. The van der Waals surface area contributed by atoms with Gasteiger partial charge in [0, 0.05) is 30.3 Å². The summed E-state index contributed by atoms with van der Waals surface area (Å²) < 4.78 is 29.5. The van der Waals surface area contributed by atoms with E-state index in [0.29, 0.717) is 5.56 Å². The standard InChI is InChI=1S/C12H15N4O4S/c1-15-12(17)7-11(9-13-15)10-3-4-16(14-8-10)5-6-21(18,19)20-2/h3-4,7-9H,5-6H2,1-2H3/q+1. The van der Waals surface area contributed by atoms with E-state index in [-0.39, 0.29) is 17.9 Å². The summed E-state index contributed by atoms with van der Waals surface area (Å²) in [5.74, 6) is -0.159. The summed E-state index contributed by atoms with van der Waals surface area (Å²) in [5.41, 5.74) is 1.17. The van der Waals surface area contributed by atoms with Crippen LogP contribution in [-0.2, 0) is 27.9 Å². The van der Waals surface area contributed by atoms with E-state index < -0.39 is 10.1 Å². The van der Waals surface area contributed by atoms with Gasteiger partial charge in [-0.1, -0.05) is 4.68 Å². The molecule has 0 bridgehead atoms. The molecule has 9 heteroatoms. The van der Waals surface area contributed by atoms with Crippen molar-refractivity contribution in [1.29, 1.82) is 0 Å². The van der Waals surface area contributed by atoms with Crippen molar-refractivity contribution in [3.8, 4) is 11.1 Å². The average Bonchev–Trinajstić information content (AvgIpc) is 2.49. The lowest BCUT2D eigenvalue weighted by Gasteiger charge is -2.01. The molecule has 8 nitrogen and oxygen atoms in total. The van der Waals surface area contributed by atoms with E-state index in [9.17, 15) is 13.2 Å². The largest absolute Gasteiger partial charge is 0.273 e. The van der Waals surface area contributed by atoms with Gasteiger partial charge in [-0.05, 0) is 5.10 Å². The molecule has 0 saturated carbocycles. The number of hydrogen-bond acceptors (Lipinski definition) is 6. The molecule has 0 spiro atoms. The SMILES string of the molecule is COS(=O)(=O)CC[n+]1ccc(-c2cnn(C)c(=O)c2)cn1. The number of hydrogen-bond donors (Lipinski definition) is 0. The van der Waals surface area contributed by atoms with Crippen LogP contribution in [0.4, 0.5) is 0 Å². The maximum Gasteiger partial charge on any atom is 0.273 e. The maximum absolute atomic E-state index is 11.5. The predicted molar refractivity (Wildman–Crippen MR) is 73.7 cm³/mol. The molecule has 21 heavy (non-hydrogen) atoms. The minimum absolute atomic E-state index is 0.159. The summed E-state index contributed by atoms with van der Waals surface area (Å²) in [6, 6.07) is 3.20. The van der Waals surface area contributed by atoms with Crippen molar-refractivity contribution in [2.24, 2.45) is 7.05 Å². The summed E-state index contributed by atoms with van der Waals surface area (Å²) in [7, 11) is -0.812. The van der Waals surface area contributed by atoms with Crippen LogP contribution in [0.15, 0.2) is 35.5 Å². The van der Waals surface area contributed by atoms with Gasteiger partial charge < -0.3 is 0 Å². The van der Waals surface area contributed by atoms with Crippen LogP contribution in [0.2, 0.25) is 0 Å². The lowest BCUT2D eigenvalue weighted by molar-refractivity contribution is -0.750. The highest BCUT2D eigenvalue weighted by Gasteiger charge is 2.14. The molecule has 2 heterocycles. The lowest BCUT2D eigenvalue weighted by Crippen LogP contribution is -2.40. The van der Waals surface area contributed by atoms with Gasteiger partial charge in [0.15, 0.2) is 12.7 Å². The Balaban J connectivity index is 2.15. The first kappa shape index (κ1) is 15.3. The Kier molecular flexibility index (Phi) is 4.43. The number of nitrogens with zero attached hydrogens (tertiary/aromatic N) is 4. The van der Waals surface area contributed by atoms with Gasteiger partial charge in [0.1, 0.15) is 11.9 Å². The lowest BCUT2D eigenvalue weighted by atomic mass is 10.1. The number of aryl methyl sites for hydroxylation is 2. The van der Waals surface area contributed by atoms with E-state index in [4.69, 9.17) is 0 Å². The fourth-order valence-electron chi connectivity index (χ4n) is 1.60. The fourth-order valence-corrected chi connectivity index (χ4v) is 2.18. The third kappa shape index (κ3) is 3.92. The van der Waals surface area contributed by atoms with E-state index in [2.05, 4.69) is 14.4 Å². The van der Waals surface area contributed by atoms with Gasteiger partial charge in [-0.15, -0.1) is 0 Å². The number of rotatable bonds is 5. The van der Waals surface area contributed by atoms with Crippen molar-refractivity contribution in [2.45, 2.75) is 6.54 Å². The molecule has 0 aliphatic heterocycles. The second kappa shape index (κ2) is 6.10. The molecule has 112 valence electrons. The summed E-state index contributed by atoms with van der Waals surface area (Å²) in [6.45, 7) is 0.186. The number of aromatic nitrogens is 4. The third-order valence-corrected chi connectivity index (χ3v) is 4.09. The van der Waals surface area contributed by atoms with Crippen LogP contribution >= 0.6 is 0 Å². The van der Waals surface area contributed by atoms with Gasteiger partial charge in [0.2, 0.25) is 0 Å². The highest BCUT2D eigenvalue weighted by atomic mass is 32.2. The van der Waals surface area contributed by atoms with Crippen LogP contribution in [0.1, 0.15) is 0 Å².